The van der Waals surface area contributed by atoms with Crippen molar-refractivity contribution >= 4 is 27.0 Å². The number of hydrogen-bond acceptors (Lipinski definition) is 1. The number of halogens is 1. The van der Waals surface area contributed by atoms with Gasteiger partial charge in [-0.2, -0.15) is 0 Å². The Balaban J connectivity index is 2.32. The zero-order valence-corrected chi connectivity index (χ0v) is 11.2. The number of benzene rings is 1. The Hall–Kier alpha value is -0.830. The first-order chi connectivity index (χ1) is 7.86. The zero-order chi connectivity index (χ0) is 11.4. The monoisotopic (exact) mass is 280 g/mol. The topological polar surface area (TPSA) is 17.8 Å². The van der Waals surface area contributed by atoms with Crippen LogP contribution < -0.4 is 0 Å². The number of nitrogens with zero attached hydrogens (tertiary/aromatic N) is 2. The van der Waals surface area contributed by atoms with E-state index in [1.807, 2.05) is 0 Å². The highest BCUT2D eigenvalue weighted by atomic mass is 79.9. The summed E-state index contributed by atoms with van der Waals surface area (Å²) in [4.78, 5) is 4.66. The Morgan fingerprint density at radius 1 is 1.25 bits per heavy atom. The van der Waals surface area contributed by atoms with Gasteiger partial charge < -0.3 is 4.57 Å². The molecule has 0 N–H and O–H groups in total. The van der Waals surface area contributed by atoms with Crippen LogP contribution >= 0.6 is 15.9 Å². The molecule has 0 radical (unpaired) electrons. The first-order valence-corrected chi connectivity index (χ1v) is 6.99. The molecule has 2 aromatic rings. The van der Waals surface area contributed by atoms with Crippen molar-refractivity contribution in [3.05, 3.63) is 30.1 Å². The molecule has 2 rings (SSSR count). The van der Waals surface area contributed by atoms with Crippen molar-refractivity contribution in [2.45, 2.75) is 32.7 Å². The molecule has 0 saturated carbocycles. The summed E-state index contributed by atoms with van der Waals surface area (Å²) in [5.41, 5.74) is 2.40. The Kier molecular flexibility index (Phi) is 3.99. The van der Waals surface area contributed by atoms with Crippen LogP contribution in [0.1, 0.15) is 25.6 Å². The molecular formula is C13H17BrN2. The minimum atomic E-state index is 1.00. The van der Waals surface area contributed by atoms with E-state index in [0.717, 1.165) is 23.8 Å². The van der Waals surface area contributed by atoms with Crippen molar-refractivity contribution in [1.29, 1.82) is 0 Å². The Morgan fingerprint density at radius 2 is 2.06 bits per heavy atom. The second-order valence-corrected chi connectivity index (χ2v) is 4.71. The first-order valence-electron chi connectivity index (χ1n) is 5.87. The summed E-state index contributed by atoms with van der Waals surface area (Å²) in [5, 5.41) is 1.08. The Labute approximate surface area is 105 Å². The summed E-state index contributed by atoms with van der Waals surface area (Å²) in [5.74, 6) is 1.20. The predicted molar refractivity (Wildman–Crippen MR) is 72.1 cm³/mol. The second kappa shape index (κ2) is 5.48. The normalized spacial score (nSPS) is 11.1. The second-order valence-electron chi connectivity index (χ2n) is 3.92. The average Bonchev–Trinajstić information content (AvgIpc) is 2.68. The molecular weight excluding hydrogens is 264 g/mol. The molecule has 3 heteroatoms. The lowest BCUT2D eigenvalue weighted by atomic mass is 10.3. The van der Waals surface area contributed by atoms with E-state index in [1.54, 1.807) is 0 Å². The number of fused-ring (bicyclic) bond motifs is 1. The van der Waals surface area contributed by atoms with E-state index in [4.69, 9.17) is 0 Å². The predicted octanol–water partition coefficient (Wildman–Crippen LogP) is 3.77. The lowest BCUT2D eigenvalue weighted by Gasteiger charge is -2.06. The number of aryl methyl sites for hydroxylation is 2. The fourth-order valence-electron chi connectivity index (χ4n) is 2.01. The third kappa shape index (κ3) is 2.29. The highest BCUT2D eigenvalue weighted by molar-refractivity contribution is 9.09. The maximum atomic E-state index is 4.66. The van der Waals surface area contributed by atoms with Gasteiger partial charge in [-0.05, 0) is 25.0 Å². The third-order valence-electron chi connectivity index (χ3n) is 2.82. The summed E-state index contributed by atoms with van der Waals surface area (Å²) in [6.45, 7) is 3.25. The quantitative estimate of drug-likeness (QED) is 0.602. The molecule has 2 nitrogen and oxygen atoms in total. The van der Waals surface area contributed by atoms with Crippen molar-refractivity contribution in [3.63, 3.8) is 0 Å². The lowest BCUT2D eigenvalue weighted by molar-refractivity contribution is 0.623. The van der Waals surface area contributed by atoms with Crippen LogP contribution in [0.5, 0.6) is 0 Å². The van der Waals surface area contributed by atoms with Crippen molar-refractivity contribution < 1.29 is 0 Å². The summed E-state index contributed by atoms with van der Waals surface area (Å²) < 4.78 is 2.36. The van der Waals surface area contributed by atoms with Gasteiger partial charge in [0.05, 0.1) is 11.0 Å². The zero-order valence-electron chi connectivity index (χ0n) is 9.62. The highest BCUT2D eigenvalue weighted by Crippen LogP contribution is 2.17. The fraction of sp³-hybridized carbons (Fsp3) is 0.462. The number of alkyl halides is 1. The van der Waals surface area contributed by atoms with Crippen LogP contribution in [-0.2, 0) is 13.0 Å². The van der Waals surface area contributed by atoms with Crippen LogP contribution in [0.3, 0.4) is 0 Å². The SMILES string of the molecule is CCc1nc2ccccc2n1CCCCBr. The van der Waals surface area contributed by atoms with Crippen molar-refractivity contribution in [2.75, 3.05) is 5.33 Å². The first kappa shape index (κ1) is 11.6. The maximum absolute atomic E-state index is 4.66. The fourth-order valence-corrected chi connectivity index (χ4v) is 2.41. The summed E-state index contributed by atoms with van der Waals surface area (Å²) >= 11 is 3.47. The molecule has 0 amide bonds. The summed E-state index contributed by atoms with van der Waals surface area (Å²) in [6, 6.07) is 8.40. The minimum absolute atomic E-state index is 1.00. The number of imidazole rings is 1. The Morgan fingerprint density at radius 3 is 2.81 bits per heavy atom. The standard InChI is InChI=1S/C13H17BrN2/c1-2-13-15-11-7-3-4-8-12(11)16(13)10-6-5-9-14/h3-4,7-8H,2,5-6,9-10H2,1H3. The van der Waals surface area contributed by atoms with E-state index in [9.17, 15) is 0 Å². The number of rotatable bonds is 5. The van der Waals surface area contributed by atoms with Crippen LogP contribution in [0.2, 0.25) is 0 Å². The van der Waals surface area contributed by atoms with Gasteiger partial charge in [0, 0.05) is 18.3 Å². The van der Waals surface area contributed by atoms with E-state index < -0.39 is 0 Å². The van der Waals surface area contributed by atoms with E-state index >= 15 is 0 Å². The molecule has 0 unspecified atom stereocenters. The van der Waals surface area contributed by atoms with Gasteiger partial charge in [-0.25, -0.2) is 4.98 Å². The number of para-hydroxylation sites is 2. The highest BCUT2D eigenvalue weighted by Gasteiger charge is 2.07. The molecule has 0 atom stereocenters. The van der Waals surface area contributed by atoms with Crippen LogP contribution in [0.25, 0.3) is 11.0 Å². The van der Waals surface area contributed by atoms with Crippen LogP contribution in [0.15, 0.2) is 24.3 Å². The van der Waals surface area contributed by atoms with Gasteiger partial charge >= 0.3 is 0 Å². The third-order valence-corrected chi connectivity index (χ3v) is 3.38. The molecule has 0 aliphatic rings. The van der Waals surface area contributed by atoms with E-state index in [1.165, 1.54) is 24.2 Å². The number of hydrogen-bond donors (Lipinski definition) is 0. The van der Waals surface area contributed by atoms with Crippen LogP contribution in [0.4, 0.5) is 0 Å². The van der Waals surface area contributed by atoms with Crippen molar-refractivity contribution in [3.8, 4) is 0 Å². The minimum Gasteiger partial charge on any atom is -0.328 e. The largest absolute Gasteiger partial charge is 0.328 e. The molecule has 16 heavy (non-hydrogen) atoms. The van der Waals surface area contributed by atoms with Crippen molar-refractivity contribution in [2.24, 2.45) is 0 Å². The molecule has 0 fully saturated rings. The molecule has 0 saturated heterocycles. The molecule has 1 heterocycles. The average molecular weight is 281 g/mol. The summed E-state index contributed by atoms with van der Waals surface area (Å²) in [7, 11) is 0. The van der Waals surface area contributed by atoms with Gasteiger partial charge in [-0.15, -0.1) is 0 Å². The molecule has 0 spiro atoms. The van der Waals surface area contributed by atoms with Gasteiger partial charge in [0.15, 0.2) is 0 Å². The van der Waals surface area contributed by atoms with Crippen LogP contribution in [-0.4, -0.2) is 14.9 Å². The maximum Gasteiger partial charge on any atom is 0.109 e. The molecule has 0 bridgehead atoms. The number of unbranched alkanes of at least 4 members (excludes halogenated alkanes) is 1. The number of aromatic nitrogens is 2. The van der Waals surface area contributed by atoms with Crippen molar-refractivity contribution in [1.82, 2.24) is 9.55 Å². The van der Waals surface area contributed by atoms with Gasteiger partial charge in [-0.1, -0.05) is 35.0 Å². The van der Waals surface area contributed by atoms with E-state index in [0.29, 0.717) is 0 Å². The van der Waals surface area contributed by atoms with Crippen LogP contribution in [0, 0.1) is 0 Å². The van der Waals surface area contributed by atoms with Gasteiger partial charge in [0.2, 0.25) is 0 Å². The smallest absolute Gasteiger partial charge is 0.109 e. The Bertz CT molecular complexity index is 462. The van der Waals surface area contributed by atoms with Gasteiger partial charge in [0.25, 0.3) is 0 Å². The van der Waals surface area contributed by atoms with E-state index in [2.05, 4.69) is 56.7 Å². The lowest BCUT2D eigenvalue weighted by Crippen LogP contribution is -2.03. The van der Waals surface area contributed by atoms with Gasteiger partial charge in [0.1, 0.15) is 5.82 Å². The summed E-state index contributed by atoms with van der Waals surface area (Å²) in [6.07, 6.45) is 3.43. The van der Waals surface area contributed by atoms with Gasteiger partial charge in [-0.3, -0.25) is 0 Å². The molecule has 86 valence electrons. The molecule has 0 aliphatic carbocycles. The molecule has 1 aromatic heterocycles. The molecule has 1 aromatic carbocycles. The molecule has 0 aliphatic heterocycles. The van der Waals surface area contributed by atoms with E-state index in [-0.39, 0.29) is 0 Å².